The predicted octanol–water partition coefficient (Wildman–Crippen LogP) is 2.30. The molecule has 1 aliphatic heterocycles. The summed E-state index contributed by atoms with van der Waals surface area (Å²) in [6.07, 6.45) is 2.24. The molecular formula is C13H21BrN2O2. The van der Waals surface area contributed by atoms with Crippen LogP contribution in [0.3, 0.4) is 0 Å². The Morgan fingerprint density at radius 1 is 1.61 bits per heavy atom. The van der Waals surface area contributed by atoms with Crippen molar-refractivity contribution in [1.82, 2.24) is 9.78 Å². The van der Waals surface area contributed by atoms with Crippen molar-refractivity contribution >= 4 is 15.9 Å². The number of aliphatic hydroxyl groups is 1. The summed E-state index contributed by atoms with van der Waals surface area (Å²) in [6.45, 7) is 6.52. The van der Waals surface area contributed by atoms with Crippen LogP contribution in [0.1, 0.15) is 31.2 Å². The minimum atomic E-state index is -0.311. The zero-order chi connectivity index (χ0) is 13.1. The lowest BCUT2D eigenvalue weighted by Crippen LogP contribution is -2.18. The van der Waals surface area contributed by atoms with Gasteiger partial charge in [-0.15, -0.1) is 0 Å². The summed E-state index contributed by atoms with van der Waals surface area (Å²) in [5.74, 6) is 0.512. The lowest BCUT2D eigenvalue weighted by atomic mass is 9.98. The van der Waals surface area contributed by atoms with Gasteiger partial charge in [0.25, 0.3) is 0 Å². The van der Waals surface area contributed by atoms with E-state index in [1.165, 1.54) is 0 Å². The molecule has 102 valence electrons. The first kappa shape index (κ1) is 14.0. The fraction of sp³-hybridized carbons (Fsp3) is 0.769. The summed E-state index contributed by atoms with van der Waals surface area (Å²) in [6, 6.07) is 0. The van der Waals surface area contributed by atoms with Gasteiger partial charge in [0.15, 0.2) is 0 Å². The zero-order valence-electron chi connectivity index (χ0n) is 11.0. The highest BCUT2D eigenvalue weighted by Gasteiger charge is 2.22. The Morgan fingerprint density at radius 2 is 2.39 bits per heavy atom. The molecule has 5 heteroatoms. The Labute approximate surface area is 116 Å². The molecule has 1 fully saturated rings. The van der Waals surface area contributed by atoms with Gasteiger partial charge in [0.2, 0.25) is 0 Å². The van der Waals surface area contributed by atoms with E-state index >= 15 is 0 Å². The summed E-state index contributed by atoms with van der Waals surface area (Å²) in [4.78, 5) is 0. The van der Waals surface area contributed by atoms with Gasteiger partial charge in [-0.1, -0.05) is 0 Å². The molecule has 1 N–H and O–H groups in total. The fourth-order valence-corrected chi connectivity index (χ4v) is 2.97. The Morgan fingerprint density at radius 3 is 3.00 bits per heavy atom. The zero-order valence-corrected chi connectivity index (χ0v) is 12.6. The maximum absolute atomic E-state index is 10.2. The molecule has 0 saturated carbocycles. The standard InChI is InChI=1S/C13H21BrN2O2/c1-3-16-12(13(14)9(2)15-16)7-11(17)6-10-4-5-18-8-10/h10-11,17H,3-8H2,1-2H3. The van der Waals surface area contributed by atoms with Crippen LogP contribution in [0.4, 0.5) is 0 Å². The number of rotatable bonds is 5. The van der Waals surface area contributed by atoms with Gasteiger partial charge < -0.3 is 9.84 Å². The van der Waals surface area contributed by atoms with Crippen molar-refractivity contribution in [3.05, 3.63) is 15.9 Å². The van der Waals surface area contributed by atoms with E-state index in [2.05, 4.69) is 28.0 Å². The van der Waals surface area contributed by atoms with Crippen LogP contribution in [-0.2, 0) is 17.7 Å². The van der Waals surface area contributed by atoms with Gasteiger partial charge in [0, 0.05) is 26.2 Å². The average molecular weight is 317 g/mol. The second kappa shape index (κ2) is 6.17. The molecule has 18 heavy (non-hydrogen) atoms. The van der Waals surface area contributed by atoms with Gasteiger partial charge in [-0.05, 0) is 48.5 Å². The second-order valence-electron chi connectivity index (χ2n) is 4.99. The predicted molar refractivity (Wildman–Crippen MR) is 73.6 cm³/mol. The van der Waals surface area contributed by atoms with Gasteiger partial charge in [0.1, 0.15) is 0 Å². The quantitative estimate of drug-likeness (QED) is 0.906. The number of ether oxygens (including phenoxy) is 1. The van der Waals surface area contributed by atoms with Crippen molar-refractivity contribution < 1.29 is 9.84 Å². The third-order valence-electron chi connectivity index (χ3n) is 3.51. The van der Waals surface area contributed by atoms with E-state index in [0.29, 0.717) is 12.3 Å². The van der Waals surface area contributed by atoms with E-state index in [-0.39, 0.29) is 6.10 Å². The molecule has 0 radical (unpaired) electrons. The molecule has 0 aromatic carbocycles. The van der Waals surface area contributed by atoms with Crippen LogP contribution >= 0.6 is 15.9 Å². The van der Waals surface area contributed by atoms with Crippen LogP contribution < -0.4 is 0 Å². The van der Waals surface area contributed by atoms with Crippen LogP contribution in [0.15, 0.2) is 4.47 Å². The molecule has 2 heterocycles. The molecule has 0 bridgehead atoms. The first-order valence-corrected chi connectivity index (χ1v) is 7.38. The van der Waals surface area contributed by atoms with Crippen molar-refractivity contribution in [2.45, 2.75) is 45.8 Å². The average Bonchev–Trinajstić information content (AvgIpc) is 2.92. The highest BCUT2D eigenvalue weighted by molar-refractivity contribution is 9.10. The molecule has 1 aromatic heterocycles. The molecule has 2 atom stereocenters. The summed E-state index contributed by atoms with van der Waals surface area (Å²) < 4.78 is 8.34. The van der Waals surface area contributed by atoms with Crippen LogP contribution in [0.25, 0.3) is 0 Å². The fourth-order valence-electron chi connectivity index (χ4n) is 2.52. The molecule has 1 saturated heterocycles. The number of halogens is 1. The number of aromatic nitrogens is 2. The van der Waals surface area contributed by atoms with E-state index < -0.39 is 0 Å². The van der Waals surface area contributed by atoms with Gasteiger partial charge in [0.05, 0.1) is 22.0 Å². The van der Waals surface area contributed by atoms with Gasteiger partial charge in [-0.25, -0.2) is 0 Å². The van der Waals surface area contributed by atoms with Crippen LogP contribution in [0.2, 0.25) is 0 Å². The second-order valence-corrected chi connectivity index (χ2v) is 5.78. The molecular weight excluding hydrogens is 296 g/mol. The molecule has 1 aliphatic rings. The van der Waals surface area contributed by atoms with Crippen molar-refractivity contribution in [2.75, 3.05) is 13.2 Å². The monoisotopic (exact) mass is 316 g/mol. The van der Waals surface area contributed by atoms with E-state index in [4.69, 9.17) is 4.74 Å². The summed E-state index contributed by atoms with van der Waals surface area (Å²) in [5, 5.41) is 14.6. The van der Waals surface area contributed by atoms with Gasteiger partial charge in [-0.3, -0.25) is 4.68 Å². The van der Waals surface area contributed by atoms with Crippen LogP contribution in [0, 0.1) is 12.8 Å². The number of aliphatic hydroxyl groups excluding tert-OH is 1. The molecule has 4 nitrogen and oxygen atoms in total. The number of aryl methyl sites for hydroxylation is 2. The lowest BCUT2D eigenvalue weighted by Gasteiger charge is -2.15. The van der Waals surface area contributed by atoms with Gasteiger partial charge >= 0.3 is 0 Å². The third-order valence-corrected chi connectivity index (χ3v) is 4.54. The van der Waals surface area contributed by atoms with E-state index in [1.54, 1.807) is 0 Å². The Hall–Kier alpha value is -0.390. The van der Waals surface area contributed by atoms with Crippen molar-refractivity contribution in [3.63, 3.8) is 0 Å². The van der Waals surface area contributed by atoms with E-state index in [0.717, 1.165) is 48.5 Å². The number of hydrogen-bond donors (Lipinski definition) is 1. The van der Waals surface area contributed by atoms with E-state index in [9.17, 15) is 5.11 Å². The van der Waals surface area contributed by atoms with Crippen LogP contribution in [-0.4, -0.2) is 34.2 Å². The normalized spacial score (nSPS) is 21.4. The lowest BCUT2D eigenvalue weighted by molar-refractivity contribution is 0.127. The van der Waals surface area contributed by atoms with E-state index in [1.807, 2.05) is 11.6 Å². The maximum atomic E-state index is 10.2. The largest absolute Gasteiger partial charge is 0.393 e. The molecule has 2 unspecified atom stereocenters. The molecule has 0 aliphatic carbocycles. The highest BCUT2D eigenvalue weighted by Crippen LogP contribution is 2.25. The third kappa shape index (κ3) is 3.13. The smallest absolute Gasteiger partial charge is 0.0738 e. The molecule has 1 aromatic rings. The SMILES string of the molecule is CCn1nc(C)c(Br)c1CC(O)CC1CCOC1. The summed E-state index contributed by atoms with van der Waals surface area (Å²) >= 11 is 3.56. The summed E-state index contributed by atoms with van der Waals surface area (Å²) in [7, 11) is 0. The molecule has 2 rings (SSSR count). The topological polar surface area (TPSA) is 47.3 Å². The maximum Gasteiger partial charge on any atom is 0.0738 e. The minimum Gasteiger partial charge on any atom is -0.393 e. The van der Waals surface area contributed by atoms with Crippen molar-refractivity contribution in [1.29, 1.82) is 0 Å². The Bertz CT molecular complexity index is 400. The first-order chi connectivity index (χ1) is 8.61. The van der Waals surface area contributed by atoms with Gasteiger partial charge in [-0.2, -0.15) is 5.10 Å². The molecule has 0 amide bonds. The van der Waals surface area contributed by atoms with Crippen LogP contribution in [0.5, 0.6) is 0 Å². The molecule has 0 spiro atoms. The first-order valence-electron chi connectivity index (χ1n) is 6.59. The van der Waals surface area contributed by atoms with Crippen molar-refractivity contribution in [2.24, 2.45) is 5.92 Å². The number of hydrogen-bond acceptors (Lipinski definition) is 3. The number of nitrogens with zero attached hydrogens (tertiary/aromatic N) is 2. The minimum absolute atomic E-state index is 0.311. The highest BCUT2D eigenvalue weighted by atomic mass is 79.9. The Balaban J connectivity index is 1.99. The summed E-state index contributed by atoms with van der Waals surface area (Å²) in [5.41, 5.74) is 2.09. The van der Waals surface area contributed by atoms with Crippen molar-refractivity contribution in [3.8, 4) is 0 Å². The Kier molecular flexibility index (Phi) is 4.81.